The number of hydrogen-bond acceptors (Lipinski definition) is 5. The summed E-state index contributed by atoms with van der Waals surface area (Å²) in [5.41, 5.74) is 5.15. The number of rotatable bonds is 9. The fourth-order valence-electron chi connectivity index (χ4n) is 4.15. The lowest BCUT2D eigenvalue weighted by molar-refractivity contribution is -0.136. The molecule has 1 aliphatic rings. The van der Waals surface area contributed by atoms with Crippen LogP contribution >= 0.6 is 0 Å². The Hall–Kier alpha value is -3.38. The minimum absolute atomic E-state index is 0.173. The lowest BCUT2D eigenvalue weighted by Crippen LogP contribution is -2.27. The van der Waals surface area contributed by atoms with Gasteiger partial charge in [-0.05, 0) is 48.6 Å². The number of hydroxylamine groups is 1. The Morgan fingerprint density at radius 1 is 1.06 bits per heavy atom. The summed E-state index contributed by atoms with van der Waals surface area (Å²) < 4.78 is 5.94. The van der Waals surface area contributed by atoms with Crippen LogP contribution in [-0.4, -0.2) is 16.1 Å². The minimum atomic E-state index is -1.13. The van der Waals surface area contributed by atoms with E-state index in [0.29, 0.717) is 12.5 Å². The van der Waals surface area contributed by atoms with Gasteiger partial charge in [0.05, 0.1) is 11.2 Å². The highest BCUT2D eigenvalue weighted by Crippen LogP contribution is 2.37. The molecular formula is C26H28N2O4. The molecule has 1 saturated carbocycles. The maximum Gasteiger partial charge on any atom is 0.353 e. The average Bonchev–Trinajstić information content (AvgIpc) is 2.84. The first-order valence-electron chi connectivity index (χ1n) is 11.0. The van der Waals surface area contributed by atoms with Crippen molar-refractivity contribution in [2.75, 3.05) is 0 Å². The number of ether oxygens (including phenoxy) is 1. The monoisotopic (exact) mass is 432 g/mol. The van der Waals surface area contributed by atoms with Gasteiger partial charge >= 0.3 is 5.97 Å². The molecule has 3 aromatic rings. The van der Waals surface area contributed by atoms with Gasteiger partial charge < -0.3 is 9.84 Å². The molecule has 0 saturated heterocycles. The number of carbonyl (C=O) groups is 1. The van der Waals surface area contributed by atoms with E-state index in [2.05, 4.69) is 17.0 Å². The Morgan fingerprint density at radius 2 is 1.81 bits per heavy atom. The Morgan fingerprint density at radius 3 is 2.56 bits per heavy atom. The molecule has 0 spiro atoms. The molecule has 0 amide bonds. The molecule has 32 heavy (non-hydrogen) atoms. The highest BCUT2D eigenvalue weighted by molar-refractivity contribution is 5.84. The third-order valence-electron chi connectivity index (χ3n) is 5.90. The number of aromatic nitrogens is 1. The maximum absolute atomic E-state index is 11.1. The molecule has 1 aromatic heterocycles. The topological polar surface area (TPSA) is 80.7 Å². The van der Waals surface area contributed by atoms with Crippen LogP contribution in [0.5, 0.6) is 5.75 Å². The summed E-state index contributed by atoms with van der Waals surface area (Å²) in [5.74, 6) is -0.0566. The van der Waals surface area contributed by atoms with Gasteiger partial charge in [-0.2, -0.15) is 0 Å². The van der Waals surface area contributed by atoms with E-state index in [4.69, 9.17) is 14.7 Å². The van der Waals surface area contributed by atoms with Crippen molar-refractivity contribution >= 4 is 16.9 Å². The van der Waals surface area contributed by atoms with Gasteiger partial charge in [0.2, 0.25) is 0 Å². The normalized spacial score (nSPS) is 15.2. The Labute approximate surface area is 187 Å². The molecule has 0 bridgehead atoms. The SMILES string of the molecule is C=C(NO[C@H](c1ccc(OCc2ccc3ccccc3n2)cc1)C1CCCCC1)C(=O)O. The molecule has 0 radical (unpaired) electrons. The molecule has 166 valence electrons. The Bertz CT molecular complexity index is 1070. The Kier molecular flexibility index (Phi) is 7.02. The van der Waals surface area contributed by atoms with Crippen LogP contribution in [0.1, 0.15) is 49.5 Å². The summed E-state index contributed by atoms with van der Waals surface area (Å²) in [6, 6.07) is 19.8. The first-order valence-corrected chi connectivity index (χ1v) is 11.0. The van der Waals surface area contributed by atoms with Gasteiger partial charge in [0.25, 0.3) is 0 Å². The number of benzene rings is 2. The van der Waals surface area contributed by atoms with E-state index in [1.807, 2.05) is 60.7 Å². The summed E-state index contributed by atoms with van der Waals surface area (Å²) in [7, 11) is 0. The highest BCUT2D eigenvalue weighted by Gasteiger charge is 2.27. The smallest absolute Gasteiger partial charge is 0.353 e. The number of nitrogens with zero attached hydrogens (tertiary/aromatic N) is 1. The third kappa shape index (κ3) is 5.45. The standard InChI is InChI=1S/C26H28N2O4/c1-18(26(29)30)28-32-25(20-8-3-2-4-9-20)21-12-15-23(16-13-21)31-17-22-14-11-19-7-5-6-10-24(19)27-22/h5-7,10-16,20,25,28H,1-4,8-9,17H2,(H,29,30)/t25-/m0/s1. The number of para-hydroxylation sites is 1. The number of hydrogen-bond donors (Lipinski definition) is 2. The van der Waals surface area contributed by atoms with E-state index in [9.17, 15) is 4.79 Å². The maximum atomic E-state index is 11.1. The van der Waals surface area contributed by atoms with Crippen molar-refractivity contribution in [3.63, 3.8) is 0 Å². The number of pyridine rings is 1. The fourth-order valence-corrected chi connectivity index (χ4v) is 4.15. The van der Waals surface area contributed by atoms with Gasteiger partial charge in [0.15, 0.2) is 0 Å². The first kappa shape index (κ1) is 21.8. The van der Waals surface area contributed by atoms with Crippen LogP contribution in [0.15, 0.2) is 72.9 Å². The predicted octanol–water partition coefficient (Wildman–Crippen LogP) is 5.55. The summed E-state index contributed by atoms with van der Waals surface area (Å²) in [5, 5.41) is 10.2. The average molecular weight is 433 g/mol. The zero-order valence-corrected chi connectivity index (χ0v) is 18.0. The van der Waals surface area contributed by atoms with Crippen molar-refractivity contribution in [2.45, 2.75) is 44.8 Å². The van der Waals surface area contributed by atoms with Crippen LogP contribution in [0.25, 0.3) is 10.9 Å². The third-order valence-corrected chi connectivity index (χ3v) is 5.90. The van der Waals surface area contributed by atoms with E-state index in [-0.39, 0.29) is 11.8 Å². The van der Waals surface area contributed by atoms with E-state index in [1.54, 1.807) is 0 Å². The van der Waals surface area contributed by atoms with Gasteiger partial charge in [0, 0.05) is 5.39 Å². The number of carboxylic acid groups (broad SMARTS) is 1. The molecule has 1 aliphatic carbocycles. The van der Waals surface area contributed by atoms with Crippen molar-refractivity contribution in [3.05, 3.63) is 84.2 Å². The van der Waals surface area contributed by atoms with Crippen molar-refractivity contribution < 1.29 is 19.5 Å². The van der Waals surface area contributed by atoms with Gasteiger partial charge in [-0.15, -0.1) is 0 Å². The van der Waals surface area contributed by atoms with Gasteiger partial charge in [-0.3, -0.25) is 10.3 Å². The zero-order valence-electron chi connectivity index (χ0n) is 18.0. The summed E-state index contributed by atoms with van der Waals surface area (Å²) in [6.07, 6.45) is 5.40. The van der Waals surface area contributed by atoms with Crippen molar-refractivity contribution in [1.29, 1.82) is 0 Å². The van der Waals surface area contributed by atoms with Gasteiger partial charge in [-0.25, -0.2) is 9.78 Å². The molecule has 0 aliphatic heterocycles. The van der Waals surface area contributed by atoms with Crippen molar-refractivity contribution in [1.82, 2.24) is 10.5 Å². The van der Waals surface area contributed by atoms with E-state index >= 15 is 0 Å². The molecule has 1 fully saturated rings. The molecule has 0 unspecified atom stereocenters. The molecule has 2 aromatic carbocycles. The number of nitrogens with one attached hydrogen (secondary N) is 1. The van der Waals surface area contributed by atoms with Crippen molar-refractivity contribution in [2.24, 2.45) is 5.92 Å². The molecule has 1 heterocycles. The molecule has 6 heteroatoms. The second kappa shape index (κ2) is 10.3. The van der Waals surface area contributed by atoms with Crippen LogP contribution in [0.4, 0.5) is 0 Å². The Balaban J connectivity index is 1.42. The summed E-state index contributed by atoms with van der Waals surface area (Å²) >= 11 is 0. The number of aliphatic carboxylic acids is 1. The fraction of sp³-hybridized carbons (Fsp3) is 0.308. The molecule has 2 N–H and O–H groups in total. The minimum Gasteiger partial charge on any atom is -0.487 e. The lowest BCUT2D eigenvalue weighted by atomic mass is 9.83. The predicted molar refractivity (Wildman–Crippen MR) is 123 cm³/mol. The van der Waals surface area contributed by atoms with Crippen LogP contribution in [0, 0.1) is 5.92 Å². The van der Waals surface area contributed by atoms with Gasteiger partial charge in [0.1, 0.15) is 24.2 Å². The number of carboxylic acids is 1. The lowest BCUT2D eigenvalue weighted by Gasteiger charge is -2.30. The number of fused-ring (bicyclic) bond motifs is 1. The van der Waals surface area contributed by atoms with E-state index < -0.39 is 5.97 Å². The van der Waals surface area contributed by atoms with Gasteiger partial charge in [-0.1, -0.05) is 62.2 Å². The van der Waals surface area contributed by atoms with Crippen molar-refractivity contribution in [3.8, 4) is 5.75 Å². The van der Waals surface area contributed by atoms with Crippen LogP contribution in [0.2, 0.25) is 0 Å². The first-order chi connectivity index (χ1) is 15.6. The molecule has 6 nitrogen and oxygen atoms in total. The van der Waals surface area contributed by atoms with Crippen LogP contribution < -0.4 is 10.2 Å². The summed E-state index contributed by atoms with van der Waals surface area (Å²) in [4.78, 5) is 21.5. The largest absolute Gasteiger partial charge is 0.487 e. The molecular weight excluding hydrogens is 404 g/mol. The molecule has 4 rings (SSSR count). The zero-order chi connectivity index (χ0) is 22.3. The molecule has 1 atom stereocenters. The second-order valence-electron chi connectivity index (χ2n) is 8.18. The van der Waals surface area contributed by atoms with Crippen LogP contribution in [-0.2, 0) is 16.2 Å². The quantitative estimate of drug-likeness (QED) is 0.341. The highest BCUT2D eigenvalue weighted by atomic mass is 16.7. The van der Waals surface area contributed by atoms with Crippen LogP contribution in [0.3, 0.4) is 0 Å². The van der Waals surface area contributed by atoms with E-state index in [1.165, 1.54) is 6.42 Å². The second-order valence-corrected chi connectivity index (χ2v) is 8.18. The summed E-state index contributed by atoms with van der Waals surface area (Å²) in [6.45, 7) is 3.87. The van der Waals surface area contributed by atoms with E-state index in [0.717, 1.165) is 53.6 Å².